The molecule has 2 amide bonds. The number of rotatable bonds is 6. The van der Waals surface area contributed by atoms with Crippen LogP contribution in [0.1, 0.15) is 17.3 Å². The first kappa shape index (κ1) is 18.5. The van der Waals surface area contributed by atoms with Gasteiger partial charge in [-0.15, -0.1) is 0 Å². The minimum Gasteiger partial charge on any atom is -0.494 e. The summed E-state index contributed by atoms with van der Waals surface area (Å²) in [6.07, 6.45) is 1.05. The zero-order valence-electron chi connectivity index (χ0n) is 14.2. The fourth-order valence-corrected chi connectivity index (χ4v) is 2.07. The Morgan fingerprint density at radius 1 is 1.19 bits per heavy atom. The highest BCUT2D eigenvalue weighted by atomic mass is 16.5. The van der Waals surface area contributed by atoms with Crippen LogP contribution in [0.15, 0.2) is 60.3 Å². The molecular formula is C19H18N4O3. The van der Waals surface area contributed by atoms with Gasteiger partial charge < -0.3 is 21.1 Å². The molecule has 0 spiro atoms. The molecule has 0 aliphatic heterocycles. The maximum Gasteiger partial charge on any atom is 0.267 e. The number of nitriles is 1. The lowest BCUT2D eigenvalue weighted by Gasteiger charge is -2.07. The van der Waals surface area contributed by atoms with Crippen LogP contribution in [-0.4, -0.2) is 18.4 Å². The molecule has 0 unspecified atom stereocenters. The number of nitrogen functional groups attached to an aromatic ring is 1. The summed E-state index contributed by atoms with van der Waals surface area (Å²) < 4.78 is 5.32. The Balaban J connectivity index is 2.03. The second-order valence-corrected chi connectivity index (χ2v) is 5.14. The predicted molar refractivity (Wildman–Crippen MR) is 98.3 cm³/mol. The summed E-state index contributed by atoms with van der Waals surface area (Å²) in [6.45, 7) is 2.41. The second-order valence-electron chi connectivity index (χ2n) is 5.14. The molecule has 0 aliphatic carbocycles. The van der Waals surface area contributed by atoms with Crippen LogP contribution in [0.25, 0.3) is 0 Å². The highest BCUT2D eigenvalue weighted by molar-refractivity contribution is 6.07. The SMILES string of the molecule is CCOc1ccc(NC(=O)/C(C#N)=C\NC(=O)c2ccccc2N)cc1. The number of nitrogens with one attached hydrogen (secondary N) is 2. The van der Waals surface area contributed by atoms with Crippen molar-refractivity contribution in [1.82, 2.24) is 5.32 Å². The summed E-state index contributed by atoms with van der Waals surface area (Å²) in [4.78, 5) is 24.2. The minimum atomic E-state index is -0.641. The van der Waals surface area contributed by atoms with Gasteiger partial charge in [0.1, 0.15) is 17.4 Å². The summed E-state index contributed by atoms with van der Waals surface area (Å²) >= 11 is 0. The van der Waals surface area contributed by atoms with E-state index in [4.69, 9.17) is 15.7 Å². The van der Waals surface area contributed by atoms with Crippen LogP contribution in [0.5, 0.6) is 5.75 Å². The van der Waals surface area contributed by atoms with Gasteiger partial charge in [-0.05, 0) is 43.3 Å². The van der Waals surface area contributed by atoms with Crippen LogP contribution >= 0.6 is 0 Å². The van der Waals surface area contributed by atoms with E-state index in [1.807, 2.05) is 6.92 Å². The van der Waals surface area contributed by atoms with Crippen molar-refractivity contribution in [3.05, 3.63) is 65.9 Å². The zero-order valence-corrected chi connectivity index (χ0v) is 14.2. The number of hydrogen-bond acceptors (Lipinski definition) is 5. The van der Waals surface area contributed by atoms with E-state index < -0.39 is 11.8 Å². The first-order chi connectivity index (χ1) is 12.5. The van der Waals surface area contributed by atoms with E-state index in [2.05, 4.69) is 10.6 Å². The number of carbonyl (C=O) groups excluding carboxylic acids is 2. The van der Waals surface area contributed by atoms with E-state index in [9.17, 15) is 9.59 Å². The first-order valence-corrected chi connectivity index (χ1v) is 7.85. The van der Waals surface area contributed by atoms with Crippen molar-refractivity contribution in [2.24, 2.45) is 0 Å². The third kappa shape index (κ3) is 4.85. The van der Waals surface area contributed by atoms with Gasteiger partial charge in [0.05, 0.1) is 12.2 Å². The molecule has 2 rings (SSSR count). The maximum absolute atomic E-state index is 12.2. The Bertz CT molecular complexity index is 867. The molecule has 2 aromatic carbocycles. The van der Waals surface area contributed by atoms with E-state index in [-0.39, 0.29) is 11.1 Å². The monoisotopic (exact) mass is 350 g/mol. The smallest absolute Gasteiger partial charge is 0.267 e. The molecule has 0 fully saturated rings. The van der Waals surface area contributed by atoms with Crippen molar-refractivity contribution >= 4 is 23.2 Å². The van der Waals surface area contributed by atoms with Gasteiger partial charge in [-0.1, -0.05) is 12.1 Å². The molecule has 7 heteroatoms. The van der Waals surface area contributed by atoms with Crippen molar-refractivity contribution in [2.45, 2.75) is 6.92 Å². The first-order valence-electron chi connectivity index (χ1n) is 7.85. The number of para-hydroxylation sites is 1. The molecule has 7 nitrogen and oxygen atoms in total. The predicted octanol–water partition coefficient (Wildman–Crippen LogP) is 2.44. The lowest BCUT2D eigenvalue weighted by atomic mass is 10.1. The van der Waals surface area contributed by atoms with Crippen LogP contribution in [0.4, 0.5) is 11.4 Å². The standard InChI is InChI=1S/C19H18N4O3/c1-2-26-15-9-7-14(8-10-15)23-18(24)13(11-20)12-22-19(25)16-5-3-4-6-17(16)21/h3-10,12H,2,21H2,1H3,(H,22,25)(H,23,24)/b13-12-. The van der Waals surface area contributed by atoms with Gasteiger partial charge in [-0.3, -0.25) is 9.59 Å². The number of hydrogen-bond donors (Lipinski definition) is 3. The molecule has 4 N–H and O–H groups in total. The third-order valence-corrected chi connectivity index (χ3v) is 3.34. The quantitative estimate of drug-likeness (QED) is 0.420. The molecule has 132 valence electrons. The summed E-state index contributed by atoms with van der Waals surface area (Å²) in [5.41, 5.74) is 6.53. The number of amides is 2. The lowest BCUT2D eigenvalue weighted by Crippen LogP contribution is -2.22. The molecule has 0 atom stereocenters. The molecule has 0 bridgehead atoms. The highest BCUT2D eigenvalue weighted by Gasteiger charge is 2.12. The fourth-order valence-electron chi connectivity index (χ4n) is 2.07. The average molecular weight is 350 g/mol. The number of nitrogens with zero attached hydrogens (tertiary/aromatic N) is 1. The van der Waals surface area contributed by atoms with Crippen LogP contribution in [0.3, 0.4) is 0 Å². The molecule has 0 aromatic heterocycles. The van der Waals surface area contributed by atoms with Crippen molar-refractivity contribution in [2.75, 3.05) is 17.7 Å². The molecule has 26 heavy (non-hydrogen) atoms. The molecular weight excluding hydrogens is 332 g/mol. The highest BCUT2D eigenvalue weighted by Crippen LogP contribution is 2.16. The normalized spacial score (nSPS) is 10.5. The molecule has 0 aliphatic rings. The van der Waals surface area contributed by atoms with E-state index in [1.54, 1.807) is 54.6 Å². The summed E-state index contributed by atoms with van der Waals surface area (Å²) in [6, 6.07) is 15.0. The number of carbonyl (C=O) groups is 2. The van der Waals surface area contributed by atoms with Gasteiger partial charge in [-0.25, -0.2) is 0 Å². The van der Waals surface area contributed by atoms with Gasteiger partial charge in [0.25, 0.3) is 11.8 Å². The third-order valence-electron chi connectivity index (χ3n) is 3.34. The zero-order chi connectivity index (χ0) is 18.9. The van der Waals surface area contributed by atoms with Gasteiger partial charge in [0.2, 0.25) is 0 Å². The fraction of sp³-hybridized carbons (Fsp3) is 0.105. The Hall–Kier alpha value is -3.79. The van der Waals surface area contributed by atoms with Crippen LogP contribution in [-0.2, 0) is 4.79 Å². The van der Waals surface area contributed by atoms with Crippen LogP contribution < -0.4 is 21.1 Å². The molecule has 0 saturated heterocycles. The van der Waals surface area contributed by atoms with Crippen molar-refractivity contribution in [3.63, 3.8) is 0 Å². The van der Waals surface area contributed by atoms with E-state index in [0.717, 1.165) is 6.20 Å². The van der Waals surface area contributed by atoms with E-state index in [0.29, 0.717) is 23.7 Å². The van der Waals surface area contributed by atoms with Crippen molar-refractivity contribution in [1.29, 1.82) is 5.26 Å². The Labute approximate surface area is 151 Å². The molecule has 2 aromatic rings. The topological polar surface area (TPSA) is 117 Å². The van der Waals surface area contributed by atoms with E-state index >= 15 is 0 Å². The summed E-state index contributed by atoms with van der Waals surface area (Å²) in [7, 11) is 0. The van der Waals surface area contributed by atoms with Gasteiger partial charge >= 0.3 is 0 Å². The Morgan fingerprint density at radius 2 is 1.88 bits per heavy atom. The minimum absolute atomic E-state index is 0.248. The van der Waals surface area contributed by atoms with E-state index in [1.165, 1.54) is 0 Å². The largest absolute Gasteiger partial charge is 0.494 e. The van der Waals surface area contributed by atoms with Gasteiger partial charge in [-0.2, -0.15) is 5.26 Å². The average Bonchev–Trinajstić information content (AvgIpc) is 2.64. The molecule has 0 heterocycles. The second kappa shape index (κ2) is 8.89. The summed E-state index contributed by atoms with van der Waals surface area (Å²) in [5.74, 6) is -0.475. The molecule has 0 radical (unpaired) electrons. The van der Waals surface area contributed by atoms with Gasteiger partial charge in [0, 0.05) is 17.6 Å². The maximum atomic E-state index is 12.2. The number of ether oxygens (including phenoxy) is 1. The number of anilines is 2. The van der Waals surface area contributed by atoms with Gasteiger partial charge in [0.15, 0.2) is 0 Å². The summed E-state index contributed by atoms with van der Waals surface area (Å²) in [5, 5.41) is 14.1. The van der Waals surface area contributed by atoms with Crippen molar-refractivity contribution in [3.8, 4) is 11.8 Å². The Morgan fingerprint density at radius 3 is 2.50 bits per heavy atom. The van der Waals surface area contributed by atoms with Crippen LogP contribution in [0, 0.1) is 11.3 Å². The number of nitrogens with two attached hydrogens (primary N) is 1. The Kier molecular flexibility index (Phi) is 6.34. The lowest BCUT2D eigenvalue weighted by molar-refractivity contribution is -0.112. The van der Waals surface area contributed by atoms with Crippen LogP contribution in [0.2, 0.25) is 0 Å². The van der Waals surface area contributed by atoms with Crippen molar-refractivity contribution < 1.29 is 14.3 Å². The molecule has 0 saturated carbocycles. The number of benzene rings is 2.